The van der Waals surface area contributed by atoms with E-state index in [1.165, 1.54) is 63.9 Å². The second-order valence-corrected chi connectivity index (χ2v) is 9.94. The minimum Gasteiger partial charge on any atom is -0.461 e. The lowest BCUT2D eigenvalue weighted by Gasteiger charge is -2.65. The van der Waals surface area contributed by atoms with Gasteiger partial charge in [-0.1, -0.05) is 26.3 Å². The van der Waals surface area contributed by atoms with E-state index >= 15 is 0 Å². The molecule has 25 heavy (non-hydrogen) atoms. The molecule has 4 aliphatic rings. The van der Waals surface area contributed by atoms with E-state index in [-0.39, 0.29) is 11.4 Å². The summed E-state index contributed by atoms with van der Waals surface area (Å²) in [6.45, 7) is 7.24. The van der Waals surface area contributed by atoms with Crippen molar-refractivity contribution in [2.45, 2.75) is 72.1 Å². The Hall–Kier alpha value is -0.830. The van der Waals surface area contributed by atoms with E-state index in [1.54, 1.807) is 0 Å². The van der Waals surface area contributed by atoms with Crippen molar-refractivity contribution >= 4 is 5.97 Å². The van der Waals surface area contributed by atoms with Gasteiger partial charge in [0, 0.05) is 13.5 Å². The maximum Gasteiger partial charge on any atom is 0.302 e. The van der Waals surface area contributed by atoms with Gasteiger partial charge >= 0.3 is 5.97 Å². The lowest BCUT2D eigenvalue weighted by atomic mass is 9.39. The molecule has 0 aliphatic heterocycles. The van der Waals surface area contributed by atoms with Crippen LogP contribution in [-0.2, 0) is 9.53 Å². The second kappa shape index (κ2) is 5.84. The Balaban J connectivity index is 1.68. The van der Waals surface area contributed by atoms with E-state index in [4.69, 9.17) is 4.74 Å². The standard InChI is InChI=1S/C22H34O3/c1-15(24)25-13-17-11-18-5-6-19-20(2,14-23)8-4-9-21(19,3)22(18)10-7-16(17)12-22/h11,16,18-19,23H,4-10,12-14H2,1-3H3/t16-,18+,19+,20+,21+,22-/m1/s1. The van der Waals surface area contributed by atoms with Gasteiger partial charge in [0.1, 0.15) is 6.61 Å². The highest BCUT2D eigenvalue weighted by Crippen LogP contribution is 2.73. The zero-order chi connectivity index (χ0) is 17.9. The molecule has 0 heterocycles. The lowest BCUT2D eigenvalue weighted by molar-refractivity contribution is -0.165. The number of aliphatic hydroxyl groups is 1. The maximum atomic E-state index is 11.2. The van der Waals surface area contributed by atoms with Crippen LogP contribution in [0.2, 0.25) is 0 Å². The fraction of sp³-hybridized carbons (Fsp3) is 0.864. The number of esters is 1. The van der Waals surface area contributed by atoms with Crippen LogP contribution in [0.3, 0.4) is 0 Å². The van der Waals surface area contributed by atoms with E-state index in [0.717, 1.165) is 0 Å². The number of hydrogen-bond donors (Lipinski definition) is 1. The van der Waals surface area contributed by atoms with Crippen molar-refractivity contribution in [1.82, 2.24) is 0 Å². The highest BCUT2D eigenvalue weighted by molar-refractivity contribution is 5.66. The van der Waals surface area contributed by atoms with Crippen LogP contribution in [0, 0.1) is 34.0 Å². The highest BCUT2D eigenvalue weighted by atomic mass is 16.5. The predicted molar refractivity (Wildman–Crippen MR) is 97.9 cm³/mol. The molecule has 1 N–H and O–H groups in total. The minimum atomic E-state index is -0.169. The Bertz CT molecular complexity index is 596. The van der Waals surface area contributed by atoms with Crippen molar-refractivity contribution in [3.8, 4) is 0 Å². The van der Waals surface area contributed by atoms with Crippen LogP contribution < -0.4 is 0 Å². The van der Waals surface area contributed by atoms with Crippen molar-refractivity contribution in [2.24, 2.45) is 34.0 Å². The van der Waals surface area contributed by atoms with Crippen LogP contribution in [-0.4, -0.2) is 24.3 Å². The topological polar surface area (TPSA) is 46.5 Å². The molecule has 4 aliphatic carbocycles. The van der Waals surface area contributed by atoms with Gasteiger partial charge in [0.2, 0.25) is 0 Å². The summed E-state index contributed by atoms with van der Waals surface area (Å²) >= 11 is 0. The third kappa shape index (κ3) is 2.37. The predicted octanol–water partition coefficient (Wildman–Crippen LogP) is 4.49. The van der Waals surface area contributed by atoms with Crippen LogP contribution in [0.1, 0.15) is 72.1 Å². The molecule has 3 nitrogen and oxygen atoms in total. The monoisotopic (exact) mass is 346 g/mol. The SMILES string of the molecule is CC(=O)OCC1=C[C@@H]2CC[C@H]3[C@](C)(CO)CCC[C@]3(C)[C@@]23CC[C@@H]1C3. The molecule has 1 spiro atoms. The molecule has 0 aromatic carbocycles. The van der Waals surface area contributed by atoms with Crippen LogP contribution in [0.4, 0.5) is 0 Å². The first-order valence-corrected chi connectivity index (χ1v) is 10.3. The van der Waals surface area contributed by atoms with Crippen LogP contribution in [0.5, 0.6) is 0 Å². The molecule has 0 aromatic rings. The molecule has 4 rings (SSSR count). The third-order valence-electron chi connectivity index (χ3n) is 8.96. The Morgan fingerprint density at radius 2 is 2.04 bits per heavy atom. The van der Waals surface area contributed by atoms with Crippen LogP contribution >= 0.6 is 0 Å². The smallest absolute Gasteiger partial charge is 0.302 e. The number of fused-ring (bicyclic) bond motifs is 2. The average Bonchev–Trinajstić information content (AvgIpc) is 2.95. The van der Waals surface area contributed by atoms with Gasteiger partial charge in [0.25, 0.3) is 0 Å². The number of aliphatic hydroxyl groups excluding tert-OH is 1. The first-order valence-electron chi connectivity index (χ1n) is 10.3. The molecule has 3 fully saturated rings. The molecule has 0 radical (unpaired) electrons. The van der Waals surface area contributed by atoms with Gasteiger partial charge in [-0.2, -0.15) is 0 Å². The van der Waals surface area contributed by atoms with E-state index in [0.29, 0.717) is 41.8 Å². The minimum absolute atomic E-state index is 0.104. The number of carbonyl (C=O) groups is 1. The summed E-state index contributed by atoms with van der Waals surface area (Å²) in [4.78, 5) is 11.2. The first-order chi connectivity index (χ1) is 11.8. The van der Waals surface area contributed by atoms with Gasteiger partial charge in [0.15, 0.2) is 0 Å². The van der Waals surface area contributed by atoms with E-state index < -0.39 is 0 Å². The summed E-state index contributed by atoms with van der Waals surface area (Å²) in [6, 6.07) is 0. The molecule has 140 valence electrons. The van der Waals surface area contributed by atoms with Crippen molar-refractivity contribution in [1.29, 1.82) is 0 Å². The van der Waals surface area contributed by atoms with Crippen LogP contribution in [0.25, 0.3) is 0 Å². The molecule has 0 saturated heterocycles. The normalized spacial score (nSPS) is 48.3. The van der Waals surface area contributed by atoms with Gasteiger partial charge in [-0.25, -0.2) is 0 Å². The van der Waals surface area contributed by atoms with Crippen molar-refractivity contribution in [3.05, 3.63) is 11.6 Å². The van der Waals surface area contributed by atoms with Gasteiger partial charge in [-0.3, -0.25) is 4.79 Å². The molecule has 0 unspecified atom stereocenters. The number of hydrogen-bond acceptors (Lipinski definition) is 3. The number of allylic oxidation sites excluding steroid dienone is 1. The third-order valence-corrected chi connectivity index (χ3v) is 8.96. The Labute approximate surface area is 152 Å². The molecule has 3 saturated carbocycles. The zero-order valence-corrected chi connectivity index (χ0v) is 16.1. The van der Waals surface area contributed by atoms with Crippen molar-refractivity contribution < 1.29 is 14.6 Å². The van der Waals surface area contributed by atoms with E-state index in [2.05, 4.69) is 19.9 Å². The summed E-state index contributed by atoms with van der Waals surface area (Å²) in [5.74, 6) is 1.72. The molecular formula is C22H34O3. The van der Waals surface area contributed by atoms with E-state index in [1.807, 2.05) is 0 Å². The van der Waals surface area contributed by atoms with Crippen molar-refractivity contribution in [2.75, 3.05) is 13.2 Å². The van der Waals surface area contributed by atoms with Crippen LogP contribution in [0.15, 0.2) is 11.6 Å². The molecule has 0 amide bonds. The van der Waals surface area contributed by atoms with Gasteiger partial charge < -0.3 is 9.84 Å². The Morgan fingerprint density at radius 3 is 2.76 bits per heavy atom. The largest absolute Gasteiger partial charge is 0.461 e. The molecule has 0 aromatic heterocycles. The number of ether oxygens (including phenoxy) is 1. The fourth-order valence-corrected chi connectivity index (χ4v) is 7.71. The summed E-state index contributed by atoms with van der Waals surface area (Å²) in [5.41, 5.74) is 2.25. The maximum absolute atomic E-state index is 11.2. The summed E-state index contributed by atoms with van der Waals surface area (Å²) in [5, 5.41) is 10.2. The Kier molecular flexibility index (Phi) is 4.10. The second-order valence-electron chi connectivity index (χ2n) is 9.94. The summed E-state index contributed by atoms with van der Waals surface area (Å²) < 4.78 is 5.35. The quantitative estimate of drug-likeness (QED) is 0.605. The van der Waals surface area contributed by atoms with Gasteiger partial charge in [-0.15, -0.1) is 0 Å². The molecule has 2 bridgehead atoms. The summed E-state index contributed by atoms with van der Waals surface area (Å²) in [7, 11) is 0. The van der Waals surface area contributed by atoms with Crippen molar-refractivity contribution in [3.63, 3.8) is 0 Å². The first kappa shape index (κ1) is 17.6. The van der Waals surface area contributed by atoms with Gasteiger partial charge in [-0.05, 0) is 84.5 Å². The number of rotatable bonds is 3. The zero-order valence-electron chi connectivity index (χ0n) is 16.1. The highest BCUT2D eigenvalue weighted by Gasteiger charge is 2.65. The Morgan fingerprint density at radius 1 is 1.24 bits per heavy atom. The van der Waals surface area contributed by atoms with Gasteiger partial charge in [0.05, 0.1) is 0 Å². The fourth-order valence-electron chi connectivity index (χ4n) is 7.71. The van der Waals surface area contributed by atoms with E-state index in [9.17, 15) is 9.90 Å². The lowest BCUT2D eigenvalue weighted by Crippen LogP contribution is -2.59. The molecule has 6 atom stereocenters. The summed E-state index contributed by atoms with van der Waals surface area (Å²) in [6.07, 6.45) is 12.6. The molecule has 3 heteroatoms. The average molecular weight is 347 g/mol. The molecular weight excluding hydrogens is 312 g/mol. The number of carbonyl (C=O) groups excluding carboxylic acids is 1.